The fourth-order valence-corrected chi connectivity index (χ4v) is 1.41. The van der Waals surface area contributed by atoms with E-state index in [1.807, 2.05) is 6.92 Å². The van der Waals surface area contributed by atoms with Gasteiger partial charge in [-0.25, -0.2) is 0 Å². The van der Waals surface area contributed by atoms with E-state index in [9.17, 15) is 9.59 Å². The van der Waals surface area contributed by atoms with Crippen LogP contribution in [0, 0.1) is 11.8 Å². The van der Waals surface area contributed by atoms with Crippen LogP contribution in [0.15, 0.2) is 0 Å². The van der Waals surface area contributed by atoms with Crippen molar-refractivity contribution >= 4 is 11.8 Å². The van der Waals surface area contributed by atoms with Gasteiger partial charge in [0, 0.05) is 18.9 Å². The Morgan fingerprint density at radius 2 is 2.42 bits per heavy atom. The lowest BCUT2D eigenvalue weighted by Crippen LogP contribution is -2.41. The molecule has 12 heavy (non-hydrogen) atoms. The Morgan fingerprint density at radius 3 is 2.83 bits per heavy atom. The molecule has 1 aliphatic rings. The molecule has 1 saturated heterocycles. The molecule has 1 heterocycles. The third-order valence-electron chi connectivity index (χ3n) is 2.46. The second-order valence-electron chi connectivity index (χ2n) is 3.29. The first kappa shape index (κ1) is 9.03. The molecule has 2 amide bonds. The van der Waals surface area contributed by atoms with Crippen LogP contribution in [0.2, 0.25) is 0 Å². The van der Waals surface area contributed by atoms with E-state index in [4.69, 9.17) is 5.73 Å². The van der Waals surface area contributed by atoms with E-state index in [1.165, 1.54) is 0 Å². The monoisotopic (exact) mass is 170 g/mol. The summed E-state index contributed by atoms with van der Waals surface area (Å²) in [5, 5.41) is 2.72. The van der Waals surface area contributed by atoms with Crippen LogP contribution in [0.1, 0.15) is 19.8 Å². The minimum atomic E-state index is -0.281. The highest BCUT2D eigenvalue weighted by Gasteiger charge is 2.26. The summed E-state index contributed by atoms with van der Waals surface area (Å²) in [7, 11) is 0. The van der Waals surface area contributed by atoms with E-state index in [-0.39, 0.29) is 23.7 Å². The first-order valence-corrected chi connectivity index (χ1v) is 4.17. The van der Waals surface area contributed by atoms with Crippen molar-refractivity contribution in [2.75, 3.05) is 6.54 Å². The SMILES string of the molecule is CC(C(N)=O)C1CCC(=O)NC1. The Bertz CT molecular complexity index is 193. The number of rotatable bonds is 2. The molecule has 1 fully saturated rings. The second kappa shape index (κ2) is 3.56. The Hall–Kier alpha value is -1.06. The fraction of sp³-hybridized carbons (Fsp3) is 0.750. The van der Waals surface area contributed by atoms with Crippen molar-refractivity contribution in [1.29, 1.82) is 0 Å². The van der Waals surface area contributed by atoms with Crippen molar-refractivity contribution in [3.63, 3.8) is 0 Å². The van der Waals surface area contributed by atoms with Gasteiger partial charge in [0.2, 0.25) is 11.8 Å². The maximum atomic E-state index is 10.8. The van der Waals surface area contributed by atoms with Crippen molar-refractivity contribution in [1.82, 2.24) is 5.32 Å². The number of nitrogens with one attached hydrogen (secondary N) is 1. The minimum Gasteiger partial charge on any atom is -0.369 e. The highest BCUT2D eigenvalue weighted by Crippen LogP contribution is 2.19. The summed E-state index contributed by atoms with van der Waals surface area (Å²) in [6.45, 7) is 2.40. The summed E-state index contributed by atoms with van der Waals surface area (Å²) in [4.78, 5) is 21.6. The van der Waals surface area contributed by atoms with Gasteiger partial charge in [0.25, 0.3) is 0 Å². The number of hydrogen-bond donors (Lipinski definition) is 2. The first-order valence-electron chi connectivity index (χ1n) is 4.17. The van der Waals surface area contributed by atoms with Gasteiger partial charge in [-0.2, -0.15) is 0 Å². The zero-order valence-electron chi connectivity index (χ0n) is 7.17. The van der Waals surface area contributed by atoms with Gasteiger partial charge in [0.15, 0.2) is 0 Å². The maximum absolute atomic E-state index is 10.8. The van der Waals surface area contributed by atoms with E-state index in [2.05, 4.69) is 5.32 Å². The quantitative estimate of drug-likeness (QED) is 0.593. The molecule has 3 N–H and O–H groups in total. The fourth-order valence-electron chi connectivity index (χ4n) is 1.41. The molecule has 0 aromatic rings. The topological polar surface area (TPSA) is 72.2 Å². The van der Waals surface area contributed by atoms with Crippen molar-refractivity contribution in [2.24, 2.45) is 17.6 Å². The summed E-state index contributed by atoms with van der Waals surface area (Å²) >= 11 is 0. The molecule has 0 aromatic carbocycles. The number of nitrogens with two attached hydrogens (primary N) is 1. The molecule has 0 spiro atoms. The van der Waals surface area contributed by atoms with Crippen molar-refractivity contribution in [2.45, 2.75) is 19.8 Å². The number of primary amides is 1. The lowest BCUT2D eigenvalue weighted by atomic mass is 9.87. The highest BCUT2D eigenvalue weighted by molar-refractivity contribution is 5.79. The van der Waals surface area contributed by atoms with Crippen molar-refractivity contribution in [3.05, 3.63) is 0 Å². The minimum absolute atomic E-state index is 0.0721. The Labute approximate surface area is 71.5 Å². The molecule has 0 bridgehead atoms. The third kappa shape index (κ3) is 1.96. The van der Waals surface area contributed by atoms with Gasteiger partial charge in [-0.05, 0) is 12.3 Å². The van der Waals surface area contributed by atoms with Gasteiger partial charge in [-0.1, -0.05) is 6.92 Å². The molecule has 0 aromatic heterocycles. The zero-order chi connectivity index (χ0) is 9.14. The molecule has 0 radical (unpaired) electrons. The number of carbonyl (C=O) groups excluding carboxylic acids is 2. The lowest BCUT2D eigenvalue weighted by molar-refractivity contribution is -0.127. The molecule has 1 rings (SSSR count). The molecule has 0 aliphatic carbocycles. The van der Waals surface area contributed by atoms with Crippen LogP contribution in [0.3, 0.4) is 0 Å². The molecule has 4 heteroatoms. The summed E-state index contributed by atoms with van der Waals surface area (Å²) in [5.41, 5.74) is 5.15. The van der Waals surface area contributed by atoms with Crippen molar-refractivity contribution in [3.8, 4) is 0 Å². The summed E-state index contributed by atoms with van der Waals surface area (Å²) in [6.07, 6.45) is 1.29. The van der Waals surface area contributed by atoms with Crippen LogP contribution in [0.5, 0.6) is 0 Å². The van der Waals surface area contributed by atoms with Crippen LogP contribution in [0.25, 0.3) is 0 Å². The second-order valence-corrected chi connectivity index (χ2v) is 3.29. The average Bonchev–Trinajstić information content (AvgIpc) is 2.04. The Morgan fingerprint density at radius 1 is 1.75 bits per heavy atom. The van der Waals surface area contributed by atoms with Crippen molar-refractivity contribution < 1.29 is 9.59 Å². The number of hydrogen-bond acceptors (Lipinski definition) is 2. The molecule has 2 atom stereocenters. The summed E-state index contributed by atoms with van der Waals surface area (Å²) in [6, 6.07) is 0. The van der Waals surface area contributed by atoms with E-state index >= 15 is 0 Å². The molecule has 68 valence electrons. The Kier molecular flexibility index (Phi) is 2.68. The maximum Gasteiger partial charge on any atom is 0.220 e. The number of carbonyl (C=O) groups is 2. The van der Waals surface area contributed by atoms with E-state index < -0.39 is 0 Å². The molecule has 1 aliphatic heterocycles. The van der Waals surface area contributed by atoms with Crippen LogP contribution < -0.4 is 11.1 Å². The third-order valence-corrected chi connectivity index (χ3v) is 2.46. The van der Waals surface area contributed by atoms with E-state index in [0.717, 1.165) is 6.42 Å². The molecular formula is C8H14N2O2. The van der Waals surface area contributed by atoms with E-state index in [1.54, 1.807) is 0 Å². The van der Waals surface area contributed by atoms with Crippen LogP contribution in [-0.2, 0) is 9.59 Å². The smallest absolute Gasteiger partial charge is 0.220 e. The van der Waals surface area contributed by atoms with Gasteiger partial charge < -0.3 is 11.1 Å². The largest absolute Gasteiger partial charge is 0.369 e. The van der Waals surface area contributed by atoms with Crippen LogP contribution in [-0.4, -0.2) is 18.4 Å². The van der Waals surface area contributed by atoms with Gasteiger partial charge in [-0.3, -0.25) is 9.59 Å². The molecular weight excluding hydrogens is 156 g/mol. The predicted molar refractivity (Wildman–Crippen MR) is 44.1 cm³/mol. The van der Waals surface area contributed by atoms with Crippen LogP contribution in [0.4, 0.5) is 0 Å². The van der Waals surface area contributed by atoms with E-state index in [0.29, 0.717) is 13.0 Å². The van der Waals surface area contributed by atoms with Gasteiger partial charge in [0.05, 0.1) is 0 Å². The standard InChI is InChI=1S/C8H14N2O2/c1-5(8(9)12)6-2-3-7(11)10-4-6/h5-6H,2-4H2,1H3,(H2,9,12)(H,10,11). The highest BCUT2D eigenvalue weighted by atomic mass is 16.2. The summed E-state index contributed by atoms with van der Waals surface area (Å²) in [5.74, 6) is -0.120. The molecule has 4 nitrogen and oxygen atoms in total. The summed E-state index contributed by atoms with van der Waals surface area (Å²) < 4.78 is 0. The molecule has 0 saturated carbocycles. The normalized spacial score (nSPS) is 26.1. The van der Waals surface area contributed by atoms with Gasteiger partial charge in [0.1, 0.15) is 0 Å². The number of amides is 2. The first-order chi connectivity index (χ1) is 5.61. The molecule has 2 unspecified atom stereocenters. The zero-order valence-corrected chi connectivity index (χ0v) is 7.17. The Balaban J connectivity index is 2.44. The number of piperidine rings is 1. The van der Waals surface area contributed by atoms with Crippen LogP contribution >= 0.6 is 0 Å². The van der Waals surface area contributed by atoms with Gasteiger partial charge in [-0.15, -0.1) is 0 Å². The van der Waals surface area contributed by atoms with Gasteiger partial charge >= 0.3 is 0 Å². The average molecular weight is 170 g/mol. The lowest BCUT2D eigenvalue weighted by Gasteiger charge is -2.25. The predicted octanol–water partition coefficient (Wildman–Crippen LogP) is -0.366.